The minimum Gasteiger partial charge on any atom is -0.399 e. The number of rotatable bonds is 3. The SMILES string of the molecule is CC1OCCC1N(C)c1ccc(N)cc1C(N)=O. The maximum Gasteiger partial charge on any atom is 0.250 e. The molecule has 2 unspecified atom stereocenters. The summed E-state index contributed by atoms with van der Waals surface area (Å²) < 4.78 is 5.55. The van der Waals surface area contributed by atoms with Crippen LogP contribution in [-0.4, -0.2) is 31.7 Å². The van der Waals surface area contributed by atoms with Gasteiger partial charge in [-0.05, 0) is 31.5 Å². The highest BCUT2D eigenvalue weighted by Crippen LogP contribution is 2.28. The van der Waals surface area contributed by atoms with E-state index in [-0.39, 0.29) is 12.1 Å². The van der Waals surface area contributed by atoms with Gasteiger partial charge < -0.3 is 21.1 Å². The van der Waals surface area contributed by atoms with E-state index in [1.165, 1.54) is 0 Å². The Kier molecular flexibility index (Phi) is 3.43. The number of amides is 1. The normalized spacial score (nSPS) is 23.0. The van der Waals surface area contributed by atoms with Gasteiger partial charge in [0.05, 0.1) is 17.7 Å². The molecule has 1 fully saturated rings. The fraction of sp³-hybridized carbons (Fsp3) is 0.462. The number of carbonyl (C=O) groups excluding carboxylic acids is 1. The molecule has 1 amide bonds. The van der Waals surface area contributed by atoms with Crippen molar-refractivity contribution in [3.8, 4) is 0 Å². The van der Waals surface area contributed by atoms with Crippen LogP contribution in [0.15, 0.2) is 18.2 Å². The van der Waals surface area contributed by atoms with Crippen LogP contribution in [0.5, 0.6) is 0 Å². The van der Waals surface area contributed by atoms with Crippen LogP contribution in [0.2, 0.25) is 0 Å². The molecule has 1 aliphatic heterocycles. The van der Waals surface area contributed by atoms with Crippen LogP contribution >= 0.6 is 0 Å². The van der Waals surface area contributed by atoms with E-state index < -0.39 is 5.91 Å². The summed E-state index contributed by atoms with van der Waals surface area (Å²) in [6.45, 7) is 2.78. The van der Waals surface area contributed by atoms with Crippen LogP contribution in [0, 0.1) is 0 Å². The fourth-order valence-corrected chi connectivity index (χ4v) is 2.47. The van der Waals surface area contributed by atoms with E-state index in [1.54, 1.807) is 12.1 Å². The minimum atomic E-state index is -0.462. The molecular formula is C13H19N3O2. The molecule has 0 aromatic heterocycles. The smallest absolute Gasteiger partial charge is 0.250 e. The van der Waals surface area contributed by atoms with Gasteiger partial charge in [0, 0.05) is 25.0 Å². The number of nitrogens with two attached hydrogens (primary N) is 2. The molecule has 0 saturated carbocycles. The number of hydrogen-bond acceptors (Lipinski definition) is 4. The first-order chi connectivity index (χ1) is 8.50. The zero-order valence-electron chi connectivity index (χ0n) is 10.7. The molecule has 1 heterocycles. The van der Waals surface area contributed by atoms with E-state index in [2.05, 4.69) is 4.90 Å². The van der Waals surface area contributed by atoms with Crippen LogP contribution in [0.1, 0.15) is 23.7 Å². The summed E-state index contributed by atoms with van der Waals surface area (Å²) in [7, 11) is 1.95. The predicted molar refractivity (Wildman–Crippen MR) is 71.6 cm³/mol. The molecule has 5 heteroatoms. The van der Waals surface area contributed by atoms with Gasteiger partial charge in [0.1, 0.15) is 0 Å². The Hall–Kier alpha value is -1.75. The second-order valence-corrected chi connectivity index (χ2v) is 4.68. The number of hydrogen-bond donors (Lipinski definition) is 2. The Bertz CT molecular complexity index is 462. The van der Waals surface area contributed by atoms with Crippen LogP contribution in [0.4, 0.5) is 11.4 Å². The number of benzene rings is 1. The molecular weight excluding hydrogens is 230 g/mol. The molecule has 0 bridgehead atoms. The Labute approximate surface area is 107 Å². The maximum absolute atomic E-state index is 11.5. The summed E-state index contributed by atoms with van der Waals surface area (Å²) in [4.78, 5) is 13.5. The van der Waals surface area contributed by atoms with E-state index in [9.17, 15) is 4.79 Å². The molecule has 1 aromatic rings. The van der Waals surface area contributed by atoms with Gasteiger partial charge in [-0.2, -0.15) is 0 Å². The summed E-state index contributed by atoms with van der Waals surface area (Å²) >= 11 is 0. The lowest BCUT2D eigenvalue weighted by Crippen LogP contribution is -2.38. The quantitative estimate of drug-likeness (QED) is 0.782. The summed E-state index contributed by atoms with van der Waals surface area (Å²) in [6.07, 6.45) is 1.09. The summed E-state index contributed by atoms with van der Waals surface area (Å²) in [6, 6.07) is 5.49. The molecule has 2 rings (SSSR count). The number of primary amides is 1. The summed E-state index contributed by atoms with van der Waals surface area (Å²) in [5.41, 5.74) is 12.9. The molecule has 1 aromatic carbocycles. The first kappa shape index (κ1) is 12.7. The molecule has 0 aliphatic carbocycles. The van der Waals surface area contributed by atoms with Gasteiger partial charge in [-0.1, -0.05) is 0 Å². The molecule has 4 N–H and O–H groups in total. The van der Waals surface area contributed by atoms with E-state index >= 15 is 0 Å². The van der Waals surface area contributed by atoms with Crippen molar-refractivity contribution in [1.82, 2.24) is 0 Å². The zero-order valence-corrected chi connectivity index (χ0v) is 10.7. The van der Waals surface area contributed by atoms with Crippen molar-refractivity contribution < 1.29 is 9.53 Å². The van der Waals surface area contributed by atoms with Crippen molar-refractivity contribution in [2.75, 3.05) is 24.3 Å². The zero-order chi connectivity index (χ0) is 13.3. The maximum atomic E-state index is 11.5. The molecule has 2 atom stereocenters. The van der Waals surface area contributed by atoms with Gasteiger partial charge in [-0.3, -0.25) is 4.79 Å². The van der Waals surface area contributed by atoms with Crippen LogP contribution in [0.25, 0.3) is 0 Å². The fourth-order valence-electron chi connectivity index (χ4n) is 2.47. The van der Waals surface area contributed by atoms with Crippen LogP contribution < -0.4 is 16.4 Å². The Morgan fingerprint density at radius 3 is 2.78 bits per heavy atom. The van der Waals surface area contributed by atoms with Gasteiger partial charge in [-0.15, -0.1) is 0 Å². The lowest BCUT2D eigenvalue weighted by Gasteiger charge is -2.30. The van der Waals surface area contributed by atoms with Crippen molar-refractivity contribution in [2.24, 2.45) is 5.73 Å². The topological polar surface area (TPSA) is 81.6 Å². The molecule has 18 heavy (non-hydrogen) atoms. The minimum absolute atomic E-state index is 0.147. The molecule has 1 saturated heterocycles. The molecule has 98 valence electrons. The Morgan fingerprint density at radius 2 is 2.22 bits per heavy atom. The number of ether oxygens (including phenoxy) is 1. The first-order valence-electron chi connectivity index (χ1n) is 6.04. The third-order valence-corrected chi connectivity index (χ3v) is 3.50. The standard InChI is InChI=1S/C13H19N3O2/c1-8-11(5-6-18-8)16(2)12-4-3-9(14)7-10(12)13(15)17/h3-4,7-8,11H,5-6,14H2,1-2H3,(H2,15,17). The molecule has 1 aliphatic rings. The van der Waals surface area contributed by atoms with Crippen molar-refractivity contribution >= 4 is 17.3 Å². The number of nitrogens with zero attached hydrogens (tertiary/aromatic N) is 1. The van der Waals surface area contributed by atoms with Crippen molar-refractivity contribution in [3.05, 3.63) is 23.8 Å². The lowest BCUT2D eigenvalue weighted by atomic mass is 10.1. The summed E-state index contributed by atoms with van der Waals surface area (Å²) in [5, 5.41) is 0. The average molecular weight is 249 g/mol. The predicted octanol–water partition coefficient (Wildman–Crippen LogP) is 0.981. The highest BCUT2D eigenvalue weighted by molar-refractivity contribution is 5.99. The second-order valence-electron chi connectivity index (χ2n) is 4.68. The molecule has 0 radical (unpaired) electrons. The number of nitrogen functional groups attached to an aromatic ring is 1. The van der Waals surface area contributed by atoms with E-state index in [0.717, 1.165) is 18.7 Å². The van der Waals surface area contributed by atoms with Crippen LogP contribution in [0.3, 0.4) is 0 Å². The Balaban J connectivity index is 2.35. The van der Waals surface area contributed by atoms with Gasteiger partial charge >= 0.3 is 0 Å². The van der Waals surface area contributed by atoms with Gasteiger partial charge in [0.2, 0.25) is 0 Å². The van der Waals surface area contributed by atoms with Gasteiger partial charge in [0.15, 0.2) is 0 Å². The largest absolute Gasteiger partial charge is 0.399 e. The molecule has 5 nitrogen and oxygen atoms in total. The highest BCUT2D eigenvalue weighted by Gasteiger charge is 2.29. The van der Waals surface area contributed by atoms with Gasteiger partial charge in [-0.25, -0.2) is 0 Å². The summed E-state index contributed by atoms with van der Waals surface area (Å²) in [5.74, 6) is -0.462. The average Bonchev–Trinajstić information content (AvgIpc) is 2.74. The van der Waals surface area contributed by atoms with Crippen molar-refractivity contribution in [1.29, 1.82) is 0 Å². The van der Waals surface area contributed by atoms with Crippen molar-refractivity contribution in [2.45, 2.75) is 25.5 Å². The number of anilines is 2. The van der Waals surface area contributed by atoms with E-state index in [4.69, 9.17) is 16.2 Å². The third kappa shape index (κ3) is 2.26. The number of likely N-dealkylation sites (N-methyl/N-ethyl adjacent to an activating group) is 1. The first-order valence-corrected chi connectivity index (χ1v) is 6.04. The van der Waals surface area contributed by atoms with Crippen LogP contribution in [-0.2, 0) is 4.74 Å². The van der Waals surface area contributed by atoms with Gasteiger partial charge in [0.25, 0.3) is 5.91 Å². The number of carbonyl (C=O) groups is 1. The van der Waals surface area contributed by atoms with E-state index in [0.29, 0.717) is 11.3 Å². The highest BCUT2D eigenvalue weighted by atomic mass is 16.5. The third-order valence-electron chi connectivity index (χ3n) is 3.50. The lowest BCUT2D eigenvalue weighted by molar-refractivity contribution is 0.0999. The second kappa shape index (κ2) is 4.86. The molecule has 0 spiro atoms. The van der Waals surface area contributed by atoms with Crippen molar-refractivity contribution in [3.63, 3.8) is 0 Å². The van der Waals surface area contributed by atoms with E-state index in [1.807, 2.05) is 20.0 Å². The monoisotopic (exact) mass is 249 g/mol. The Morgan fingerprint density at radius 1 is 1.50 bits per heavy atom.